The van der Waals surface area contributed by atoms with Crippen LogP contribution < -0.4 is 0 Å². The maximum absolute atomic E-state index is 12.1. The Labute approximate surface area is 95.9 Å². The maximum atomic E-state index is 12.1. The van der Waals surface area contributed by atoms with Gasteiger partial charge in [0, 0.05) is 11.5 Å². The summed E-state index contributed by atoms with van der Waals surface area (Å²) in [6.07, 6.45) is 0. The second kappa shape index (κ2) is 3.45. The highest BCUT2D eigenvalue weighted by Gasteiger charge is 2.45. The van der Waals surface area contributed by atoms with E-state index in [9.17, 15) is 10.1 Å². The van der Waals surface area contributed by atoms with Gasteiger partial charge >= 0.3 is 0 Å². The number of nitriles is 1. The van der Waals surface area contributed by atoms with E-state index in [4.69, 9.17) is 0 Å². The van der Waals surface area contributed by atoms with E-state index in [1.807, 2.05) is 24.3 Å². The Bertz CT molecular complexity index is 476. The summed E-state index contributed by atoms with van der Waals surface area (Å²) in [5.74, 6) is -0.517. The van der Waals surface area contributed by atoms with Gasteiger partial charge in [-0.15, -0.1) is 0 Å². The largest absolute Gasteiger partial charge is 0.293 e. The minimum atomic E-state index is -0.516. The molecule has 1 aliphatic carbocycles. The van der Waals surface area contributed by atoms with Gasteiger partial charge in [-0.1, -0.05) is 45.0 Å². The van der Waals surface area contributed by atoms with Crippen LogP contribution in [-0.2, 0) is 0 Å². The van der Waals surface area contributed by atoms with Crippen molar-refractivity contribution >= 4 is 5.78 Å². The van der Waals surface area contributed by atoms with Gasteiger partial charge in [-0.05, 0) is 11.0 Å². The highest BCUT2D eigenvalue weighted by Crippen LogP contribution is 2.47. The molecular weight excluding hydrogens is 198 g/mol. The number of benzene rings is 1. The zero-order valence-corrected chi connectivity index (χ0v) is 9.82. The molecule has 16 heavy (non-hydrogen) atoms. The number of carbonyl (C=O) groups excluding carboxylic acids is 1. The number of ketones is 1. The Morgan fingerprint density at radius 3 is 2.44 bits per heavy atom. The molecule has 0 amide bonds. The lowest BCUT2D eigenvalue weighted by molar-refractivity contribution is 0.0929. The van der Waals surface area contributed by atoms with Gasteiger partial charge in [-0.3, -0.25) is 4.79 Å². The summed E-state index contributed by atoms with van der Waals surface area (Å²) in [4.78, 5) is 12.1. The van der Waals surface area contributed by atoms with Crippen molar-refractivity contribution in [3.8, 4) is 6.07 Å². The number of rotatable bonds is 0. The molecule has 0 bridgehead atoms. The molecule has 2 rings (SSSR count). The molecule has 1 aromatic rings. The Hall–Kier alpha value is -1.62. The van der Waals surface area contributed by atoms with Gasteiger partial charge in [0.25, 0.3) is 0 Å². The summed E-state index contributed by atoms with van der Waals surface area (Å²) in [6.45, 7) is 6.24. The summed E-state index contributed by atoms with van der Waals surface area (Å²) in [7, 11) is 0. The predicted octanol–water partition coefficient (Wildman–Crippen LogP) is 3.15. The van der Waals surface area contributed by atoms with E-state index >= 15 is 0 Å². The van der Waals surface area contributed by atoms with Crippen molar-refractivity contribution in [3.63, 3.8) is 0 Å². The van der Waals surface area contributed by atoms with Crippen molar-refractivity contribution in [2.45, 2.75) is 26.7 Å². The maximum Gasteiger partial charge on any atom is 0.180 e. The minimum absolute atomic E-state index is 0.0150. The Balaban J connectivity index is 2.61. The molecule has 0 aliphatic heterocycles. The number of hydrogen-bond donors (Lipinski definition) is 0. The van der Waals surface area contributed by atoms with Gasteiger partial charge < -0.3 is 0 Å². The SMILES string of the molecule is CC(C)(C)C1c2ccccc2C(=O)C1C#N. The van der Waals surface area contributed by atoms with Crippen LogP contribution in [0.15, 0.2) is 24.3 Å². The molecule has 82 valence electrons. The van der Waals surface area contributed by atoms with E-state index in [1.165, 1.54) is 0 Å². The van der Waals surface area contributed by atoms with E-state index < -0.39 is 5.92 Å². The second-order valence-electron chi connectivity index (χ2n) is 5.40. The lowest BCUT2D eigenvalue weighted by Gasteiger charge is -2.29. The van der Waals surface area contributed by atoms with Gasteiger partial charge in [-0.25, -0.2) is 0 Å². The van der Waals surface area contributed by atoms with Crippen LogP contribution in [0, 0.1) is 22.7 Å². The summed E-state index contributed by atoms with van der Waals surface area (Å²) < 4.78 is 0. The van der Waals surface area contributed by atoms with E-state index in [1.54, 1.807) is 0 Å². The third kappa shape index (κ3) is 1.44. The molecule has 2 atom stereocenters. The van der Waals surface area contributed by atoms with Crippen molar-refractivity contribution in [1.82, 2.24) is 0 Å². The normalized spacial score (nSPS) is 24.0. The number of Topliss-reactive ketones (excluding diaryl/α,β-unsaturated/α-hetero) is 1. The highest BCUT2D eigenvalue weighted by atomic mass is 16.1. The van der Waals surface area contributed by atoms with E-state index in [2.05, 4.69) is 26.8 Å². The van der Waals surface area contributed by atoms with Crippen LogP contribution in [-0.4, -0.2) is 5.78 Å². The molecule has 0 saturated heterocycles. The quantitative estimate of drug-likeness (QED) is 0.664. The third-order valence-electron chi connectivity index (χ3n) is 3.25. The van der Waals surface area contributed by atoms with Crippen molar-refractivity contribution in [1.29, 1.82) is 5.26 Å². The van der Waals surface area contributed by atoms with Gasteiger partial charge in [0.05, 0.1) is 6.07 Å². The van der Waals surface area contributed by atoms with Gasteiger partial charge in [0.1, 0.15) is 5.92 Å². The van der Waals surface area contributed by atoms with Crippen LogP contribution in [0.25, 0.3) is 0 Å². The molecule has 0 radical (unpaired) electrons. The third-order valence-corrected chi connectivity index (χ3v) is 3.25. The molecule has 2 heteroatoms. The van der Waals surface area contributed by atoms with E-state index in [0.717, 1.165) is 11.1 Å². The molecule has 0 fully saturated rings. The zero-order valence-electron chi connectivity index (χ0n) is 9.82. The predicted molar refractivity (Wildman–Crippen MR) is 62.1 cm³/mol. The number of hydrogen-bond acceptors (Lipinski definition) is 2. The lowest BCUT2D eigenvalue weighted by atomic mass is 9.73. The highest BCUT2D eigenvalue weighted by molar-refractivity contribution is 6.04. The van der Waals surface area contributed by atoms with Crippen molar-refractivity contribution in [3.05, 3.63) is 35.4 Å². The summed E-state index contributed by atoms with van der Waals surface area (Å²) in [5, 5.41) is 9.17. The summed E-state index contributed by atoms with van der Waals surface area (Å²) in [6, 6.07) is 9.76. The number of nitrogens with zero attached hydrogens (tertiary/aromatic N) is 1. The van der Waals surface area contributed by atoms with E-state index in [-0.39, 0.29) is 17.1 Å². The van der Waals surface area contributed by atoms with Gasteiger partial charge in [0.2, 0.25) is 0 Å². The molecule has 0 aromatic heterocycles. The first-order valence-electron chi connectivity index (χ1n) is 5.49. The van der Waals surface area contributed by atoms with Crippen LogP contribution in [0.1, 0.15) is 42.6 Å². The summed E-state index contributed by atoms with van der Waals surface area (Å²) in [5.41, 5.74) is 1.70. The van der Waals surface area contributed by atoms with Crippen molar-refractivity contribution < 1.29 is 4.79 Å². The van der Waals surface area contributed by atoms with Crippen molar-refractivity contribution in [2.75, 3.05) is 0 Å². The monoisotopic (exact) mass is 213 g/mol. The van der Waals surface area contributed by atoms with Crippen LogP contribution in [0.5, 0.6) is 0 Å². The lowest BCUT2D eigenvalue weighted by Crippen LogP contribution is -2.24. The Kier molecular flexibility index (Phi) is 2.35. The molecule has 2 nitrogen and oxygen atoms in total. The Morgan fingerprint density at radius 1 is 1.25 bits per heavy atom. The Morgan fingerprint density at radius 2 is 1.88 bits per heavy atom. The average molecular weight is 213 g/mol. The zero-order chi connectivity index (χ0) is 11.9. The molecule has 1 aliphatic rings. The van der Waals surface area contributed by atoms with E-state index in [0.29, 0.717) is 0 Å². The average Bonchev–Trinajstić information content (AvgIpc) is 2.51. The minimum Gasteiger partial charge on any atom is -0.293 e. The molecule has 0 heterocycles. The fourth-order valence-corrected chi connectivity index (χ4v) is 2.59. The standard InChI is InChI=1S/C14H15NO/c1-14(2,3)12-9-6-4-5-7-10(9)13(16)11(12)8-15/h4-7,11-12H,1-3H3. The van der Waals surface area contributed by atoms with Crippen LogP contribution in [0.3, 0.4) is 0 Å². The topological polar surface area (TPSA) is 40.9 Å². The molecule has 2 unspecified atom stereocenters. The number of fused-ring (bicyclic) bond motifs is 1. The smallest absolute Gasteiger partial charge is 0.180 e. The first-order chi connectivity index (χ1) is 7.46. The first kappa shape index (κ1) is 10.9. The fraction of sp³-hybridized carbons (Fsp3) is 0.429. The van der Waals surface area contributed by atoms with Crippen LogP contribution in [0.2, 0.25) is 0 Å². The number of carbonyl (C=O) groups is 1. The molecular formula is C14H15NO. The van der Waals surface area contributed by atoms with Crippen LogP contribution >= 0.6 is 0 Å². The van der Waals surface area contributed by atoms with Gasteiger partial charge in [-0.2, -0.15) is 5.26 Å². The van der Waals surface area contributed by atoms with Crippen LogP contribution in [0.4, 0.5) is 0 Å². The van der Waals surface area contributed by atoms with Crippen molar-refractivity contribution in [2.24, 2.45) is 11.3 Å². The fourth-order valence-electron chi connectivity index (χ4n) is 2.59. The molecule has 1 aromatic carbocycles. The molecule has 0 spiro atoms. The van der Waals surface area contributed by atoms with Gasteiger partial charge in [0.15, 0.2) is 5.78 Å². The summed E-state index contributed by atoms with van der Waals surface area (Å²) >= 11 is 0. The molecule has 0 N–H and O–H groups in total. The second-order valence-corrected chi connectivity index (χ2v) is 5.40. The first-order valence-corrected chi connectivity index (χ1v) is 5.49. The molecule has 0 saturated carbocycles.